The molecule has 1 aliphatic heterocycles. The maximum absolute atomic E-state index is 9.89. The van der Waals surface area contributed by atoms with E-state index in [1.807, 2.05) is 6.07 Å². The monoisotopic (exact) mass is 260 g/mol. The Bertz CT molecular complexity index is 609. The van der Waals surface area contributed by atoms with Crippen molar-refractivity contribution in [1.29, 1.82) is 0 Å². The van der Waals surface area contributed by atoms with Gasteiger partial charge in [-0.25, -0.2) is 9.67 Å². The van der Waals surface area contributed by atoms with E-state index in [1.165, 1.54) is 0 Å². The summed E-state index contributed by atoms with van der Waals surface area (Å²) in [5.74, 6) is 1.86. The Labute approximate surface area is 110 Å². The van der Waals surface area contributed by atoms with E-state index >= 15 is 0 Å². The third-order valence-corrected chi connectivity index (χ3v) is 3.33. The second-order valence-corrected chi connectivity index (χ2v) is 4.63. The quantitative estimate of drug-likeness (QED) is 0.796. The van der Waals surface area contributed by atoms with Crippen molar-refractivity contribution in [2.45, 2.75) is 25.5 Å². The molecule has 0 bridgehead atoms. The van der Waals surface area contributed by atoms with Gasteiger partial charge in [-0.3, -0.25) is 0 Å². The second kappa shape index (κ2) is 4.55. The highest BCUT2D eigenvalue weighted by atomic mass is 16.5. The maximum Gasteiger partial charge on any atom is 0.181 e. The summed E-state index contributed by atoms with van der Waals surface area (Å²) in [7, 11) is 1.58. The van der Waals surface area contributed by atoms with Crippen LogP contribution in [-0.4, -0.2) is 27.0 Å². The molecule has 2 aromatic rings. The number of aromatic nitrogens is 3. The fourth-order valence-electron chi connectivity index (χ4n) is 2.32. The first kappa shape index (κ1) is 12.0. The van der Waals surface area contributed by atoms with E-state index in [1.54, 1.807) is 23.9 Å². The first-order valence-electron chi connectivity index (χ1n) is 6.25. The summed E-state index contributed by atoms with van der Waals surface area (Å²) >= 11 is 0. The van der Waals surface area contributed by atoms with Crippen LogP contribution in [0.25, 0.3) is 11.4 Å². The molecule has 0 fully saturated rings. The number of nitrogens with two attached hydrogens (primary N) is 1. The lowest BCUT2D eigenvalue weighted by atomic mass is 10.1. The minimum atomic E-state index is -0.523. The topological polar surface area (TPSA) is 86.2 Å². The average Bonchev–Trinajstić information content (AvgIpc) is 2.84. The number of hydrogen-bond donors (Lipinski definition) is 2. The van der Waals surface area contributed by atoms with E-state index in [0.29, 0.717) is 23.1 Å². The summed E-state index contributed by atoms with van der Waals surface area (Å²) in [5.41, 5.74) is 7.26. The molecule has 1 atom stereocenters. The lowest BCUT2D eigenvalue weighted by Crippen LogP contribution is -2.16. The smallest absolute Gasteiger partial charge is 0.181 e. The second-order valence-electron chi connectivity index (χ2n) is 4.63. The molecule has 19 heavy (non-hydrogen) atoms. The molecule has 1 aliphatic rings. The van der Waals surface area contributed by atoms with Crippen LogP contribution < -0.4 is 10.5 Å². The largest absolute Gasteiger partial charge is 0.495 e. The Kier molecular flexibility index (Phi) is 2.87. The molecule has 1 unspecified atom stereocenters. The zero-order chi connectivity index (χ0) is 13.4. The van der Waals surface area contributed by atoms with Crippen molar-refractivity contribution < 1.29 is 9.84 Å². The third-order valence-electron chi connectivity index (χ3n) is 3.33. The van der Waals surface area contributed by atoms with Crippen molar-refractivity contribution in [2.24, 2.45) is 0 Å². The molecule has 3 rings (SSSR count). The zero-order valence-corrected chi connectivity index (χ0v) is 10.7. The fraction of sp³-hybridized carbons (Fsp3) is 0.385. The number of fused-ring (bicyclic) bond motifs is 1. The SMILES string of the molecule is COc1ccc(-c2nc3n(n2)CCCC3O)cc1N. The summed E-state index contributed by atoms with van der Waals surface area (Å²) in [4.78, 5) is 4.40. The molecule has 100 valence electrons. The molecule has 0 amide bonds. The number of hydrogen-bond acceptors (Lipinski definition) is 5. The van der Waals surface area contributed by atoms with Crippen molar-refractivity contribution in [2.75, 3.05) is 12.8 Å². The Morgan fingerprint density at radius 3 is 3.00 bits per heavy atom. The van der Waals surface area contributed by atoms with Crippen molar-refractivity contribution in [3.8, 4) is 17.1 Å². The van der Waals surface area contributed by atoms with Crippen LogP contribution in [0.5, 0.6) is 5.75 Å². The molecule has 1 aromatic carbocycles. The Morgan fingerprint density at radius 2 is 2.32 bits per heavy atom. The van der Waals surface area contributed by atoms with Crippen LogP contribution in [0.2, 0.25) is 0 Å². The fourth-order valence-corrected chi connectivity index (χ4v) is 2.32. The van der Waals surface area contributed by atoms with Gasteiger partial charge >= 0.3 is 0 Å². The Morgan fingerprint density at radius 1 is 1.47 bits per heavy atom. The first-order chi connectivity index (χ1) is 9.19. The van der Waals surface area contributed by atoms with Crippen LogP contribution in [0.3, 0.4) is 0 Å². The predicted octanol–water partition coefficient (Wildman–Crippen LogP) is 1.36. The minimum Gasteiger partial charge on any atom is -0.495 e. The molecular weight excluding hydrogens is 244 g/mol. The number of ether oxygens (including phenoxy) is 1. The number of methoxy groups -OCH3 is 1. The van der Waals surface area contributed by atoms with Gasteiger partial charge in [0.25, 0.3) is 0 Å². The lowest BCUT2D eigenvalue weighted by molar-refractivity contribution is 0.130. The van der Waals surface area contributed by atoms with Crippen molar-refractivity contribution in [1.82, 2.24) is 14.8 Å². The molecule has 6 nitrogen and oxygen atoms in total. The molecular formula is C13H16N4O2. The molecule has 3 N–H and O–H groups in total. The van der Waals surface area contributed by atoms with Gasteiger partial charge in [0.05, 0.1) is 12.8 Å². The summed E-state index contributed by atoms with van der Waals surface area (Å²) < 4.78 is 6.89. The van der Waals surface area contributed by atoms with Crippen LogP contribution in [0, 0.1) is 0 Å². The number of nitrogens with zero attached hydrogens (tertiary/aromatic N) is 3. The number of nitrogen functional groups attached to an aromatic ring is 1. The number of anilines is 1. The van der Waals surface area contributed by atoms with Crippen molar-refractivity contribution in [3.63, 3.8) is 0 Å². The lowest BCUT2D eigenvalue weighted by Gasteiger charge is -2.16. The maximum atomic E-state index is 9.89. The first-order valence-corrected chi connectivity index (χ1v) is 6.25. The molecule has 0 saturated carbocycles. The van der Waals surface area contributed by atoms with E-state index in [9.17, 15) is 5.11 Å². The van der Waals surface area contributed by atoms with Gasteiger partial charge in [0.2, 0.25) is 0 Å². The van der Waals surface area contributed by atoms with E-state index in [0.717, 1.165) is 24.9 Å². The zero-order valence-electron chi connectivity index (χ0n) is 10.7. The van der Waals surface area contributed by atoms with E-state index < -0.39 is 6.10 Å². The molecule has 0 saturated heterocycles. The highest BCUT2D eigenvalue weighted by molar-refractivity contribution is 5.66. The Hall–Kier alpha value is -2.08. The van der Waals surface area contributed by atoms with Gasteiger partial charge in [0.1, 0.15) is 11.9 Å². The van der Waals surface area contributed by atoms with E-state index in [-0.39, 0.29) is 0 Å². The van der Waals surface area contributed by atoms with Crippen LogP contribution in [-0.2, 0) is 6.54 Å². The van der Waals surface area contributed by atoms with Gasteiger partial charge < -0.3 is 15.6 Å². The number of benzene rings is 1. The standard InChI is InChI=1S/C13H16N4O2/c1-19-11-5-4-8(7-9(11)14)12-15-13-10(18)3-2-6-17(13)16-12/h4-5,7,10,18H,2-3,6,14H2,1H3. The van der Waals surface area contributed by atoms with Crippen LogP contribution in [0.4, 0.5) is 5.69 Å². The summed E-state index contributed by atoms with van der Waals surface area (Å²) in [6.07, 6.45) is 1.13. The van der Waals surface area contributed by atoms with Crippen LogP contribution >= 0.6 is 0 Å². The van der Waals surface area contributed by atoms with Gasteiger partial charge in [-0.15, -0.1) is 0 Å². The van der Waals surface area contributed by atoms with Crippen LogP contribution in [0.15, 0.2) is 18.2 Å². The van der Waals surface area contributed by atoms with E-state index in [4.69, 9.17) is 10.5 Å². The average molecular weight is 260 g/mol. The molecule has 0 spiro atoms. The molecule has 6 heteroatoms. The molecule has 0 aliphatic carbocycles. The summed E-state index contributed by atoms with van der Waals surface area (Å²) in [5, 5.41) is 14.3. The summed E-state index contributed by atoms with van der Waals surface area (Å²) in [6, 6.07) is 5.44. The molecule has 1 aromatic heterocycles. The van der Waals surface area contributed by atoms with Gasteiger partial charge in [-0.2, -0.15) is 5.10 Å². The molecule has 2 heterocycles. The van der Waals surface area contributed by atoms with Gasteiger partial charge in [0.15, 0.2) is 11.6 Å². The highest BCUT2D eigenvalue weighted by Gasteiger charge is 2.22. The summed E-state index contributed by atoms with van der Waals surface area (Å²) in [6.45, 7) is 0.797. The van der Waals surface area contributed by atoms with Gasteiger partial charge in [-0.1, -0.05) is 0 Å². The van der Waals surface area contributed by atoms with Gasteiger partial charge in [0, 0.05) is 12.1 Å². The number of aryl methyl sites for hydroxylation is 1. The Balaban J connectivity index is 2.01. The third kappa shape index (κ3) is 2.04. The number of aliphatic hydroxyl groups is 1. The number of aliphatic hydroxyl groups excluding tert-OH is 1. The normalized spacial score (nSPS) is 18.1. The van der Waals surface area contributed by atoms with Crippen LogP contribution in [0.1, 0.15) is 24.8 Å². The number of rotatable bonds is 2. The predicted molar refractivity (Wildman–Crippen MR) is 70.6 cm³/mol. The van der Waals surface area contributed by atoms with Crippen molar-refractivity contribution in [3.05, 3.63) is 24.0 Å². The highest BCUT2D eigenvalue weighted by Crippen LogP contribution is 2.29. The molecule has 0 radical (unpaired) electrons. The van der Waals surface area contributed by atoms with E-state index in [2.05, 4.69) is 10.1 Å². The van der Waals surface area contributed by atoms with Gasteiger partial charge in [-0.05, 0) is 31.0 Å². The minimum absolute atomic E-state index is 0.523. The van der Waals surface area contributed by atoms with Crippen molar-refractivity contribution >= 4 is 5.69 Å².